The van der Waals surface area contributed by atoms with Gasteiger partial charge in [0.05, 0.1) is 10.2 Å². The number of hydrogen-bond acceptors (Lipinski definition) is 4. The Morgan fingerprint density at radius 2 is 1.92 bits per heavy atom. The lowest BCUT2D eigenvalue weighted by Crippen LogP contribution is -2.20. The van der Waals surface area contributed by atoms with E-state index in [0.29, 0.717) is 34.4 Å². The summed E-state index contributed by atoms with van der Waals surface area (Å²) in [5.41, 5.74) is 1.63. The summed E-state index contributed by atoms with van der Waals surface area (Å²) < 4.78 is 5.78. The molecule has 0 radical (unpaired) electrons. The molecular formula is C20H20ClNO2S. The van der Waals surface area contributed by atoms with Gasteiger partial charge in [-0.1, -0.05) is 43.1 Å². The van der Waals surface area contributed by atoms with Gasteiger partial charge in [-0.25, -0.2) is 4.99 Å². The molecule has 0 fully saturated rings. The van der Waals surface area contributed by atoms with Crippen LogP contribution in [0.2, 0.25) is 5.02 Å². The van der Waals surface area contributed by atoms with Crippen molar-refractivity contribution in [2.75, 3.05) is 0 Å². The molecule has 0 N–H and O–H groups in total. The predicted molar refractivity (Wildman–Crippen MR) is 105 cm³/mol. The highest BCUT2D eigenvalue weighted by Crippen LogP contribution is 2.31. The second kappa shape index (κ2) is 8.91. The zero-order valence-corrected chi connectivity index (χ0v) is 16.0. The molecule has 1 atom stereocenters. The summed E-state index contributed by atoms with van der Waals surface area (Å²) in [6.45, 7) is 6.07. The van der Waals surface area contributed by atoms with E-state index in [1.807, 2.05) is 45.0 Å². The third-order valence-electron chi connectivity index (χ3n) is 3.67. The number of aryl methyl sites for hydroxylation is 1. The Bertz CT molecular complexity index is 796. The van der Waals surface area contributed by atoms with Crippen molar-refractivity contribution in [1.82, 2.24) is 0 Å². The number of Topliss-reactive ketones (excluding diaryl/α,β-unsaturated/α-hetero) is 1. The number of thiocarbonyl (C=S) groups is 1. The molecule has 0 aliphatic rings. The van der Waals surface area contributed by atoms with Gasteiger partial charge in [0.25, 0.3) is 0 Å². The summed E-state index contributed by atoms with van der Waals surface area (Å²) in [6.07, 6.45) is 0.613. The van der Waals surface area contributed by atoms with Crippen molar-refractivity contribution in [2.24, 2.45) is 10.9 Å². The van der Waals surface area contributed by atoms with Gasteiger partial charge in [0.2, 0.25) is 0 Å². The summed E-state index contributed by atoms with van der Waals surface area (Å²) in [7, 11) is 0. The Hall–Kier alpha value is -2.00. The Balaban J connectivity index is 2.21. The molecule has 2 aromatic carbocycles. The standard InChI is InChI=1S/C20H20ClNO2S/c1-13(2)10-18(22-12-25)20(23)15-6-9-19(17(21)11-15)24-16-7-4-14(3)5-8-16/h4-9,11,13,18H,10H2,1-3H3. The van der Waals surface area contributed by atoms with Gasteiger partial charge in [0, 0.05) is 5.56 Å². The molecule has 0 aliphatic heterocycles. The van der Waals surface area contributed by atoms with Crippen molar-refractivity contribution >= 4 is 34.8 Å². The van der Waals surface area contributed by atoms with E-state index in [9.17, 15) is 4.79 Å². The molecule has 0 spiro atoms. The maximum Gasteiger partial charge on any atom is 0.188 e. The number of hydrogen-bond donors (Lipinski definition) is 0. The van der Waals surface area contributed by atoms with E-state index < -0.39 is 6.04 Å². The molecular weight excluding hydrogens is 354 g/mol. The summed E-state index contributed by atoms with van der Waals surface area (Å²) >= 11 is 11.0. The summed E-state index contributed by atoms with van der Waals surface area (Å²) in [5.74, 6) is 1.39. The fourth-order valence-corrected chi connectivity index (χ4v) is 2.74. The molecule has 1 unspecified atom stereocenters. The van der Waals surface area contributed by atoms with E-state index in [4.69, 9.17) is 16.3 Å². The highest BCUT2D eigenvalue weighted by atomic mass is 35.5. The van der Waals surface area contributed by atoms with Gasteiger partial charge in [-0.2, -0.15) is 0 Å². The number of ether oxygens (including phenoxy) is 1. The van der Waals surface area contributed by atoms with Crippen LogP contribution in [0.5, 0.6) is 11.5 Å². The zero-order chi connectivity index (χ0) is 18.4. The van der Waals surface area contributed by atoms with Crippen LogP contribution in [0.4, 0.5) is 0 Å². The van der Waals surface area contributed by atoms with Crippen LogP contribution in [0.1, 0.15) is 36.2 Å². The zero-order valence-electron chi connectivity index (χ0n) is 14.5. The maximum atomic E-state index is 12.7. The molecule has 25 heavy (non-hydrogen) atoms. The minimum absolute atomic E-state index is 0.116. The van der Waals surface area contributed by atoms with Gasteiger partial charge < -0.3 is 4.74 Å². The van der Waals surface area contributed by atoms with E-state index in [0.717, 1.165) is 5.56 Å². The number of benzene rings is 2. The lowest BCUT2D eigenvalue weighted by Gasteiger charge is -2.14. The van der Waals surface area contributed by atoms with E-state index in [-0.39, 0.29) is 5.78 Å². The minimum atomic E-state index is -0.530. The molecule has 0 heterocycles. The normalized spacial score (nSPS) is 11.7. The fourth-order valence-electron chi connectivity index (χ4n) is 2.39. The predicted octanol–water partition coefficient (Wildman–Crippen LogP) is 6.14. The van der Waals surface area contributed by atoms with Gasteiger partial charge in [-0.15, -0.1) is 0 Å². The topological polar surface area (TPSA) is 38.7 Å². The minimum Gasteiger partial charge on any atom is -0.456 e. The Morgan fingerprint density at radius 3 is 2.48 bits per heavy atom. The van der Waals surface area contributed by atoms with E-state index in [2.05, 4.69) is 22.4 Å². The van der Waals surface area contributed by atoms with Crippen LogP contribution in [-0.4, -0.2) is 17.0 Å². The van der Waals surface area contributed by atoms with Crippen molar-refractivity contribution < 1.29 is 9.53 Å². The van der Waals surface area contributed by atoms with Gasteiger partial charge in [-0.3, -0.25) is 4.79 Å². The van der Waals surface area contributed by atoms with E-state index in [1.54, 1.807) is 18.2 Å². The largest absolute Gasteiger partial charge is 0.456 e. The van der Waals surface area contributed by atoms with Crippen LogP contribution in [-0.2, 0) is 0 Å². The summed E-state index contributed by atoms with van der Waals surface area (Å²) in [6, 6.07) is 12.1. The molecule has 3 nitrogen and oxygen atoms in total. The van der Waals surface area contributed by atoms with Crippen LogP contribution in [0.3, 0.4) is 0 Å². The lowest BCUT2D eigenvalue weighted by molar-refractivity contribution is 0.0952. The van der Waals surface area contributed by atoms with Crippen molar-refractivity contribution in [3.63, 3.8) is 0 Å². The molecule has 0 aromatic heterocycles. The number of isothiocyanates is 1. The average Bonchev–Trinajstić information content (AvgIpc) is 2.57. The highest BCUT2D eigenvalue weighted by molar-refractivity contribution is 7.78. The van der Waals surface area contributed by atoms with Crippen LogP contribution < -0.4 is 4.74 Å². The molecule has 2 rings (SSSR count). The van der Waals surface area contributed by atoms with Crippen LogP contribution in [0.15, 0.2) is 47.5 Å². The second-order valence-electron chi connectivity index (χ2n) is 6.29. The molecule has 0 bridgehead atoms. The number of carbonyl (C=O) groups is 1. The lowest BCUT2D eigenvalue weighted by atomic mass is 9.96. The number of aliphatic imine (C=N–C) groups is 1. The first-order valence-corrected chi connectivity index (χ1v) is 8.84. The first kappa shape index (κ1) is 19.3. The number of halogens is 1. The molecule has 2 aromatic rings. The van der Waals surface area contributed by atoms with Crippen molar-refractivity contribution in [2.45, 2.75) is 33.2 Å². The Morgan fingerprint density at radius 1 is 1.24 bits per heavy atom. The van der Waals surface area contributed by atoms with Crippen LogP contribution in [0, 0.1) is 12.8 Å². The van der Waals surface area contributed by atoms with E-state index in [1.165, 1.54) is 0 Å². The number of carbonyl (C=O) groups excluding carboxylic acids is 1. The Labute approximate surface area is 158 Å². The van der Waals surface area contributed by atoms with Gasteiger partial charge in [0.1, 0.15) is 17.5 Å². The molecule has 5 heteroatoms. The third kappa shape index (κ3) is 5.50. The molecule has 0 aliphatic carbocycles. The van der Waals surface area contributed by atoms with E-state index >= 15 is 0 Å². The summed E-state index contributed by atoms with van der Waals surface area (Å²) in [4.78, 5) is 16.7. The number of nitrogens with zero attached hydrogens (tertiary/aromatic N) is 1. The third-order valence-corrected chi connectivity index (χ3v) is 4.07. The monoisotopic (exact) mass is 373 g/mol. The highest BCUT2D eigenvalue weighted by Gasteiger charge is 2.21. The molecule has 0 amide bonds. The average molecular weight is 374 g/mol. The maximum absolute atomic E-state index is 12.7. The first-order valence-electron chi connectivity index (χ1n) is 8.06. The van der Waals surface area contributed by atoms with Crippen molar-refractivity contribution in [3.05, 3.63) is 58.6 Å². The number of ketones is 1. The van der Waals surface area contributed by atoms with Crippen LogP contribution in [0.25, 0.3) is 0 Å². The Kier molecular flexibility index (Phi) is 6.89. The first-order chi connectivity index (χ1) is 11.9. The molecule has 0 saturated carbocycles. The van der Waals surface area contributed by atoms with Crippen LogP contribution >= 0.6 is 23.8 Å². The SMILES string of the molecule is Cc1ccc(Oc2ccc(C(=O)C(CC(C)C)N=C=S)cc2Cl)cc1. The van der Waals surface area contributed by atoms with Gasteiger partial charge in [0.15, 0.2) is 5.78 Å². The molecule has 0 saturated heterocycles. The second-order valence-corrected chi connectivity index (χ2v) is 6.88. The summed E-state index contributed by atoms with van der Waals surface area (Å²) in [5, 5.41) is 2.69. The van der Waals surface area contributed by atoms with Gasteiger partial charge in [-0.05, 0) is 61.8 Å². The van der Waals surface area contributed by atoms with Crippen molar-refractivity contribution in [1.29, 1.82) is 0 Å². The van der Waals surface area contributed by atoms with Crippen molar-refractivity contribution in [3.8, 4) is 11.5 Å². The molecule has 130 valence electrons. The van der Waals surface area contributed by atoms with Gasteiger partial charge >= 0.3 is 0 Å². The number of rotatable bonds is 7. The fraction of sp³-hybridized carbons (Fsp3) is 0.300. The smallest absolute Gasteiger partial charge is 0.188 e. The quantitative estimate of drug-likeness (QED) is 0.332.